The highest BCUT2D eigenvalue weighted by atomic mass is 16.3. The van der Waals surface area contributed by atoms with Gasteiger partial charge in [0, 0.05) is 49.1 Å². The molecule has 8 aromatic carbocycles. The first-order chi connectivity index (χ1) is 28.3. The summed E-state index contributed by atoms with van der Waals surface area (Å²) in [6.45, 7) is 0. The van der Waals surface area contributed by atoms with Crippen LogP contribution in [0, 0.1) is 0 Å². The van der Waals surface area contributed by atoms with Crippen LogP contribution in [0.15, 0.2) is 192 Å². The van der Waals surface area contributed by atoms with E-state index in [0.717, 1.165) is 82.7 Å². The lowest BCUT2D eigenvalue weighted by atomic mass is 10.0. The molecule has 4 aromatic heterocycles. The summed E-state index contributed by atoms with van der Waals surface area (Å²) < 4.78 is 11.1. The lowest BCUT2D eigenvalue weighted by molar-refractivity contribution is 0.669. The van der Waals surface area contributed by atoms with Gasteiger partial charge in [0.15, 0.2) is 11.6 Å². The number of benzene rings is 8. The highest BCUT2D eigenvalue weighted by Crippen LogP contribution is 2.42. The van der Waals surface area contributed by atoms with Crippen LogP contribution in [0.3, 0.4) is 0 Å². The summed E-state index contributed by atoms with van der Waals surface area (Å²) >= 11 is 0. The van der Waals surface area contributed by atoms with Crippen molar-refractivity contribution in [3.8, 4) is 45.5 Å². The quantitative estimate of drug-likeness (QED) is 0.177. The number of rotatable bonds is 5. The highest BCUT2D eigenvalue weighted by molar-refractivity contribution is 6.28. The average Bonchev–Trinajstić information content (AvgIpc) is 3.94. The van der Waals surface area contributed by atoms with E-state index >= 15 is 0 Å². The minimum atomic E-state index is 0.549. The highest BCUT2D eigenvalue weighted by Gasteiger charge is 2.23. The second-order valence-corrected chi connectivity index (χ2v) is 14.4. The summed E-state index contributed by atoms with van der Waals surface area (Å²) in [6.07, 6.45) is 0. The van der Waals surface area contributed by atoms with Gasteiger partial charge in [0.2, 0.25) is 5.95 Å². The molecule has 0 aliphatic rings. The molecule has 12 rings (SSSR count). The molecule has 6 heteroatoms. The monoisotopic (exact) mass is 729 g/mol. The Bertz CT molecular complexity index is 3510. The van der Waals surface area contributed by atoms with Crippen molar-refractivity contribution in [2.75, 3.05) is 0 Å². The third-order valence-electron chi connectivity index (χ3n) is 11.2. The van der Waals surface area contributed by atoms with Gasteiger partial charge in [-0.1, -0.05) is 127 Å². The molecule has 0 saturated carbocycles. The van der Waals surface area contributed by atoms with Gasteiger partial charge in [-0.2, -0.15) is 9.97 Å². The third-order valence-corrected chi connectivity index (χ3v) is 11.2. The van der Waals surface area contributed by atoms with Crippen molar-refractivity contribution in [1.29, 1.82) is 0 Å². The van der Waals surface area contributed by atoms with Gasteiger partial charge in [-0.3, -0.25) is 4.57 Å². The van der Waals surface area contributed by atoms with Gasteiger partial charge in [-0.05, 0) is 71.8 Å². The number of hydrogen-bond acceptors (Lipinski definition) is 4. The van der Waals surface area contributed by atoms with Crippen LogP contribution in [-0.2, 0) is 0 Å². The lowest BCUT2D eigenvalue weighted by Gasteiger charge is -2.11. The molecule has 0 radical (unpaired) electrons. The molecular formula is C51H31N5O. The molecule has 0 atom stereocenters. The van der Waals surface area contributed by atoms with Gasteiger partial charge >= 0.3 is 0 Å². The second kappa shape index (κ2) is 12.3. The van der Waals surface area contributed by atoms with E-state index in [2.05, 4.69) is 161 Å². The van der Waals surface area contributed by atoms with E-state index in [0.29, 0.717) is 17.6 Å². The summed E-state index contributed by atoms with van der Waals surface area (Å²) in [6, 6.07) is 65.5. The molecule has 6 nitrogen and oxygen atoms in total. The van der Waals surface area contributed by atoms with E-state index in [4.69, 9.17) is 19.4 Å². The fourth-order valence-corrected chi connectivity index (χ4v) is 8.63. The SMILES string of the molecule is c1ccc(-c2ccc3c(c2)oc2cc(-c4nc(-c5ccccc5)nc(-n5c6ccccc6c6c7c8ccccc8n(-c8ccccc8)c7ccc65)n4)ccc23)cc1. The lowest BCUT2D eigenvalue weighted by Crippen LogP contribution is -2.06. The number of fused-ring (bicyclic) bond motifs is 10. The zero-order chi connectivity index (χ0) is 37.5. The van der Waals surface area contributed by atoms with Gasteiger partial charge in [0.25, 0.3) is 0 Å². The summed E-state index contributed by atoms with van der Waals surface area (Å²) in [7, 11) is 0. The Morgan fingerprint density at radius 3 is 1.47 bits per heavy atom. The normalized spacial score (nSPS) is 11.9. The molecule has 12 aromatic rings. The molecule has 0 N–H and O–H groups in total. The van der Waals surface area contributed by atoms with Gasteiger partial charge in [0.05, 0.1) is 22.1 Å². The zero-order valence-electron chi connectivity index (χ0n) is 30.5. The summed E-state index contributed by atoms with van der Waals surface area (Å²) in [5.41, 5.74) is 11.1. The Labute approximate surface area is 326 Å². The maximum absolute atomic E-state index is 6.54. The van der Waals surface area contributed by atoms with Crippen LogP contribution in [0.25, 0.3) is 111 Å². The van der Waals surface area contributed by atoms with Crippen LogP contribution in [0.1, 0.15) is 0 Å². The van der Waals surface area contributed by atoms with Gasteiger partial charge < -0.3 is 8.98 Å². The summed E-state index contributed by atoms with van der Waals surface area (Å²) in [4.78, 5) is 15.6. The smallest absolute Gasteiger partial charge is 0.238 e. The van der Waals surface area contributed by atoms with Crippen molar-refractivity contribution < 1.29 is 4.42 Å². The first-order valence-electron chi connectivity index (χ1n) is 19.1. The predicted molar refractivity (Wildman–Crippen MR) is 232 cm³/mol. The van der Waals surface area contributed by atoms with Crippen LogP contribution >= 0.6 is 0 Å². The van der Waals surface area contributed by atoms with Crippen LogP contribution in [0.2, 0.25) is 0 Å². The Kier molecular flexibility index (Phi) is 6.83. The molecule has 0 aliphatic carbocycles. The standard InChI is InChI=1S/C51H31N5O/c1-4-14-32(15-5-1)34-24-26-37-38-27-25-35(31-46(38)57-45(37)30-34)50-52-49(33-16-6-2-7-17-33)53-51(54-50)56-42-23-13-11-21-40(42)48-44(56)29-28-43-47(48)39-20-10-12-22-41(39)55(43)36-18-8-3-9-19-36/h1-31H. The fraction of sp³-hybridized carbons (Fsp3) is 0. The largest absolute Gasteiger partial charge is 0.456 e. The first-order valence-corrected chi connectivity index (χ1v) is 19.1. The van der Waals surface area contributed by atoms with Crippen molar-refractivity contribution in [2.45, 2.75) is 0 Å². The molecule has 0 amide bonds. The number of hydrogen-bond donors (Lipinski definition) is 0. The zero-order valence-corrected chi connectivity index (χ0v) is 30.5. The van der Waals surface area contributed by atoms with Crippen molar-refractivity contribution >= 4 is 65.6 Å². The maximum Gasteiger partial charge on any atom is 0.238 e. The number of para-hydroxylation sites is 3. The second-order valence-electron chi connectivity index (χ2n) is 14.4. The van der Waals surface area contributed by atoms with E-state index in [1.54, 1.807) is 0 Å². The van der Waals surface area contributed by atoms with Crippen molar-refractivity contribution in [2.24, 2.45) is 0 Å². The molecule has 0 spiro atoms. The van der Waals surface area contributed by atoms with Gasteiger partial charge in [-0.15, -0.1) is 0 Å². The average molecular weight is 730 g/mol. The minimum Gasteiger partial charge on any atom is -0.456 e. The Hall–Kier alpha value is -7.83. The molecule has 0 bridgehead atoms. The van der Waals surface area contributed by atoms with Crippen LogP contribution in [-0.4, -0.2) is 24.1 Å². The van der Waals surface area contributed by atoms with Crippen molar-refractivity contribution in [1.82, 2.24) is 24.1 Å². The summed E-state index contributed by atoms with van der Waals surface area (Å²) in [5, 5.41) is 6.81. The predicted octanol–water partition coefficient (Wildman–Crippen LogP) is 13.0. The van der Waals surface area contributed by atoms with Crippen LogP contribution in [0.4, 0.5) is 0 Å². The minimum absolute atomic E-state index is 0.549. The fourth-order valence-electron chi connectivity index (χ4n) is 8.63. The van der Waals surface area contributed by atoms with Crippen molar-refractivity contribution in [3.05, 3.63) is 188 Å². The van der Waals surface area contributed by atoms with E-state index in [-0.39, 0.29) is 0 Å². The van der Waals surface area contributed by atoms with Crippen LogP contribution in [0.5, 0.6) is 0 Å². The Morgan fingerprint density at radius 1 is 0.333 bits per heavy atom. The summed E-state index contributed by atoms with van der Waals surface area (Å²) in [5.74, 6) is 1.72. The number of furan rings is 1. The van der Waals surface area contributed by atoms with E-state index in [1.807, 2.05) is 36.4 Å². The topological polar surface area (TPSA) is 61.7 Å². The van der Waals surface area contributed by atoms with Crippen molar-refractivity contribution in [3.63, 3.8) is 0 Å². The van der Waals surface area contributed by atoms with Gasteiger partial charge in [0.1, 0.15) is 11.2 Å². The molecule has 0 unspecified atom stereocenters. The first kappa shape index (κ1) is 31.5. The molecule has 266 valence electrons. The molecular weight excluding hydrogens is 699 g/mol. The molecule has 0 fully saturated rings. The number of nitrogens with zero attached hydrogens (tertiary/aromatic N) is 5. The third kappa shape index (κ3) is 4.87. The Morgan fingerprint density at radius 2 is 0.825 bits per heavy atom. The number of aromatic nitrogens is 5. The van der Waals surface area contributed by atoms with E-state index in [9.17, 15) is 0 Å². The van der Waals surface area contributed by atoms with Gasteiger partial charge in [-0.25, -0.2) is 4.98 Å². The van der Waals surface area contributed by atoms with E-state index < -0.39 is 0 Å². The molecule has 4 heterocycles. The van der Waals surface area contributed by atoms with Crippen LogP contribution < -0.4 is 0 Å². The Balaban J connectivity index is 1.10. The molecule has 0 saturated heterocycles. The maximum atomic E-state index is 6.54. The molecule has 0 aliphatic heterocycles. The molecule has 57 heavy (non-hydrogen) atoms. The van der Waals surface area contributed by atoms with E-state index in [1.165, 1.54) is 10.8 Å².